The molecule has 0 aliphatic carbocycles. The van der Waals surface area contributed by atoms with Gasteiger partial charge in [0.05, 0.1) is 7.11 Å². The lowest BCUT2D eigenvalue weighted by molar-refractivity contribution is -0.152. The Labute approximate surface area is 166 Å². The van der Waals surface area contributed by atoms with E-state index < -0.39 is 17.2 Å². The van der Waals surface area contributed by atoms with Gasteiger partial charge >= 0.3 is 11.7 Å². The van der Waals surface area contributed by atoms with Gasteiger partial charge < -0.3 is 19.3 Å². The smallest absolute Gasteiger partial charge is 0.328 e. The van der Waals surface area contributed by atoms with E-state index >= 15 is 0 Å². The van der Waals surface area contributed by atoms with E-state index in [2.05, 4.69) is 4.90 Å². The third kappa shape index (κ3) is 5.24. The lowest BCUT2D eigenvalue weighted by atomic mass is 10.2. The molecule has 1 aromatic heterocycles. The first-order valence-electron chi connectivity index (χ1n) is 9.08. The minimum absolute atomic E-state index is 0.290. The molecule has 1 aromatic carbocycles. The minimum Gasteiger partial charge on any atom is -0.497 e. The molecule has 1 saturated heterocycles. The number of rotatable bonds is 6. The van der Waals surface area contributed by atoms with Gasteiger partial charge in [0, 0.05) is 44.1 Å². The lowest BCUT2D eigenvalue weighted by Crippen LogP contribution is -2.50. The number of hydrogen-bond donors (Lipinski definition) is 1. The fourth-order valence-corrected chi connectivity index (χ4v) is 2.99. The van der Waals surface area contributed by atoms with Crippen LogP contribution in [0.5, 0.6) is 5.75 Å². The summed E-state index contributed by atoms with van der Waals surface area (Å²) in [5.41, 5.74) is -0.213. The fourth-order valence-electron chi connectivity index (χ4n) is 2.99. The van der Waals surface area contributed by atoms with Gasteiger partial charge in [-0.15, -0.1) is 0 Å². The van der Waals surface area contributed by atoms with Crippen LogP contribution in [0.25, 0.3) is 0 Å². The summed E-state index contributed by atoms with van der Waals surface area (Å²) < 4.78 is 11.1. The number of piperazine rings is 1. The van der Waals surface area contributed by atoms with Crippen molar-refractivity contribution in [3.8, 4) is 5.75 Å². The number of amides is 1. The van der Waals surface area contributed by atoms with Crippen molar-refractivity contribution in [2.24, 2.45) is 0 Å². The second-order valence-corrected chi connectivity index (χ2v) is 6.46. The zero-order valence-corrected chi connectivity index (χ0v) is 16.0. The Kier molecular flexibility index (Phi) is 6.32. The molecule has 0 saturated carbocycles. The molecule has 1 aliphatic heterocycles. The van der Waals surface area contributed by atoms with Crippen LogP contribution in [0.2, 0.25) is 0 Å². The molecule has 154 valence electrons. The number of aromatic nitrogens is 2. The van der Waals surface area contributed by atoms with E-state index in [1.807, 2.05) is 29.2 Å². The van der Waals surface area contributed by atoms with E-state index in [0.29, 0.717) is 26.2 Å². The molecule has 0 radical (unpaired) electrons. The third-order valence-corrected chi connectivity index (χ3v) is 4.62. The molecular formula is C19H22N4O6. The van der Waals surface area contributed by atoms with Crippen molar-refractivity contribution in [2.75, 3.05) is 44.8 Å². The molecule has 29 heavy (non-hydrogen) atoms. The zero-order valence-electron chi connectivity index (χ0n) is 16.0. The van der Waals surface area contributed by atoms with Crippen LogP contribution in [-0.2, 0) is 20.9 Å². The first kappa shape index (κ1) is 20.2. The predicted octanol–water partition coefficient (Wildman–Crippen LogP) is -0.563. The van der Waals surface area contributed by atoms with Crippen molar-refractivity contribution in [3.63, 3.8) is 0 Å². The number of ether oxygens (including phenoxy) is 2. The van der Waals surface area contributed by atoms with Gasteiger partial charge in [0.1, 0.15) is 12.3 Å². The SMILES string of the molecule is COc1ccc(N2CCN(C(=O)COC(=O)Cn3ccc(=O)[nH]c3=O)CC2)cc1. The van der Waals surface area contributed by atoms with E-state index in [0.717, 1.165) is 22.1 Å². The minimum atomic E-state index is -0.732. The summed E-state index contributed by atoms with van der Waals surface area (Å²) >= 11 is 0. The summed E-state index contributed by atoms with van der Waals surface area (Å²) in [6, 6.07) is 8.84. The molecule has 2 aromatic rings. The summed E-state index contributed by atoms with van der Waals surface area (Å²) in [6.45, 7) is 1.59. The van der Waals surface area contributed by atoms with Crippen molar-refractivity contribution in [1.29, 1.82) is 0 Å². The summed E-state index contributed by atoms with van der Waals surface area (Å²) in [6.07, 6.45) is 1.20. The Morgan fingerprint density at radius 3 is 2.34 bits per heavy atom. The van der Waals surface area contributed by atoms with Gasteiger partial charge in [0.25, 0.3) is 11.5 Å². The van der Waals surface area contributed by atoms with E-state index in [1.165, 1.54) is 6.20 Å². The highest BCUT2D eigenvalue weighted by atomic mass is 16.5. The van der Waals surface area contributed by atoms with Crippen LogP contribution in [0.1, 0.15) is 0 Å². The number of esters is 1. The number of methoxy groups -OCH3 is 1. The molecule has 0 spiro atoms. The maximum Gasteiger partial charge on any atom is 0.328 e. The van der Waals surface area contributed by atoms with Crippen molar-refractivity contribution >= 4 is 17.6 Å². The monoisotopic (exact) mass is 402 g/mol. The lowest BCUT2D eigenvalue weighted by Gasteiger charge is -2.36. The predicted molar refractivity (Wildman–Crippen MR) is 104 cm³/mol. The molecule has 2 heterocycles. The standard InChI is InChI=1S/C19H22N4O6/c1-28-15-4-2-14(3-5-15)21-8-10-22(11-9-21)17(25)13-29-18(26)12-23-7-6-16(24)20-19(23)27/h2-7H,8-13H2,1H3,(H,20,24,27). The maximum absolute atomic E-state index is 12.3. The van der Waals surface area contributed by atoms with Gasteiger partial charge in [-0.25, -0.2) is 4.79 Å². The highest BCUT2D eigenvalue weighted by Crippen LogP contribution is 2.20. The number of H-pyrrole nitrogens is 1. The highest BCUT2D eigenvalue weighted by Gasteiger charge is 2.22. The number of aromatic amines is 1. The van der Waals surface area contributed by atoms with Crippen LogP contribution < -0.4 is 20.9 Å². The second-order valence-electron chi connectivity index (χ2n) is 6.46. The van der Waals surface area contributed by atoms with E-state index in [1.54, 1.807) is 12.0 Å². The summed E-state index contributed by atoms with van der Waals surface area (Å²) in [5, 5.41) is 0. The number of carbonyl (C=O) groups excluding carboxylic acids is 2. The third-order valence-electron chi connectivity index (χ3n) is 4.62. The molecule has 1 aliphatic rings. The van der Waals surface area contributed by atoms with Crippen LogP contribution in [0.3, 0.4) is 0 Å². The van der Waals surface area contributed by atoms with Gasteiger partial charge in [0.15, 0.2) is 6.61 Å². The van der Waals surface area contributed by atoms with Crippen molar-refractivity contribution in [3.05, 3.63) is 57.4 Å². The van der Waals surface area contributed by atoms with Crippen LogP contribution in [0, 0.1) is 0 Å². The molecule has 3 rings (SSSR count). The first-order valence-corrected chi connectivity index (χ1v) is 9.08. The average Bonchev–Trinajstić information content (AvgIpc) is 2.74. The number of benzene rings is 1. The van der Waals surface area contributed by atoms with E-state index in [4.69, 9.17) is 9.47 Å². The molecule has 1 N–H and O–H groups in total. The maximum atomic E-state index is 12.3. The molecule has 1 amide bonds. The molecule has 1 fully saturated rings. The largest absolute Gasteiger partial charge is 0.497 e. The summed E-state index contributed by atoms with van der Waals surface area (Å²) in [7, 11) is 1.62. The number of hydrogen-bond acceptors (Lipinski definition) is 7. The van der Waals surface area contributed by atoms with Gasteiger partial charge in [-0.3, -0.25) is 23.9 Å². The summed E-state index contributed by atoms with van der Waals surface area (Å²) in [5.74, 6) is -0.237. The number of carbonyl (C=O) groups is 2. The average molecular weight is 402 g/mol. The molecule has 10 nitrogen and oxygen atoms in total. The normalized spacial score (nSPS) is 13.8. The fraction of sp³-hybridized carbons (Fsp3) is 0.368. The van der Waals surface area contributed by atoms with E-state index in [9.17, 15) is 19.2 Å². The Balaban J connectivity index is 1.45. The summed E-state index contributed by atoms with van der Waals surface area (Å²) in [4.78, 5) is 52.6. The first-order chi connectivity index (χ1) is 14.0. The van der Waals surface area contributed by atoms with Crippen molar-refractivity contribution in [2.45, 2.75) is 6.54 Å². The quantitative estimate of drug-likeness (QED) is 0.644. The number of nitrogens with one attached hydrogen (secondary N) is 1. The van der Waals surface area contributed by atoms with Crippen LogP contribution >= 0.6 is 0 Å². The van der Waals surface area contributed by atoms with Gasteiger partial charge in [0.2, 0.25) is 0 Å². The Morgan fingerprint density at radius 2 is 1.72 bits per heavy atom. The Bertz CT molecular complexity index is 973. The zero-order chi connectivity index (χ0) is 20.8. The Hall–Kier alpha value is -3.56. The molecule has 0 atom stereocenters. The molecular weight excluding hydrogens is 380 g/mol. The van der Waals surface area contributed by atoms with Gasteiger partial charge in [-0.1, -0.05) is 0 Å². The van der Waals surface area contributed by atoms with Gasteiger partial charge in [-0.2, -0.15) is 0 Å². The topological polar surface area (TPSA) is 114 Å². The molecule has 10 heteroatoms. The van der Waals surface area contributed by atoms with E-state index in [-0.39, 0.29) is 19.1 Å². The second kappa shape index (κ2) is 9.09. The number of anilines is 1. The van der Waals surface area contributed by atoms with Crippen LogP contribution in [-0.4, -0.2) is 66.2 Å². The van der Waals surface area contributed by atoms with Crippen LogP contribution in [0.15, 0.2) is 46.1 Å². The molecule has 0 bridgehead atoms. The number of nitrogens with zero attached hydrogens (tertiary/aromatic N) is 3. The van der Waals surface area contributed by atoms with Gasteiger partial charge in [-0.05, 0) is 24.3 Å². The Morgan fingerprint density at radius 1 is 1.03 bits per heavy atom. The van der Waals surface area contributed by atoms with Crippen molar-refractivity contribution in [1.82, 2.24) is 14.5 Å². The highest BCUT2D eigenvalue weighted by molar-refractivity contribution is 5.80. The van der Waals surface area contributed by atoms with Crippen LogP contribution in [0.4, 0.5) is 5.69 Å². The van der Waals surface area contributed by atoms with Crippen molar-refractivity contribution < 1.29 is 19.1 Å². The molecule has 0 unspecified atom stereocenters.